The fourth-order valence-corrected chi connectivity index (χ4v) is 4.61. The number of rotatable bonds is 14. The Bertz CT molecular complexity index is 1610. The van der Waals surface area contributed by atoms with E-state index in [-0.39, 0.29) is 17.7 Å². The SMILES string of the molecule is CC(C)C(NC(=O)C(NC(=O)C(Cc1cccc(Cl)c1)NC(=O)c1ccccn1)c1ccccc1)C(=O)C(F)(F)C(=O)NCC(F)(F)F. The zero-order valence-electron chi connectivity index (χ0n) is 25.5. The molecule has 256 valence electrons. The molecular weight excluding hydrogens is 665 g/mol. The number of Topliss-reactive ketones (excluding diaryl/α,β-unsaturated/α-hetero) is 1. The molecular formula is C32H31ClF5N5O5. The van der Waals surface area contributed by atoms with Gasteiger partial charge in [-0.25, -0.2) is 0 Å². The minimum absolute atomic E-state index is 0.0165. The first-order valence-electron chi connectivity index (χ1n) is 14.4. The molecule has 0 aliphatic carbocycles. The predicted octanol–water partition coefficient (Wildman–Crippen LogP) is 3.96. The lowest BCUT2D eigenvalue weighted by Crippen LogP contribution is -2.58. The highest BCUT2D eigenvalue weighted by atomic mass is 35.5. The van der Waals surface area contributed by atoms with Gasteiger partial charge in [0.1, 0.15) is 24.3 Å². The van der Waals surface area contributed by atoms with Crippen LogP contribution in [0, 0.1) is 5.92 Å². The Morgan fingerprint density at radius 3 is 2.06 bits per heavy atom. The maximum Gasteiger partial charge on any atom is 0.405 e. The van der Waals surface area contributed by atoms with Crippen molar-refractivity contribution in [1.82, 2.24) is 26.3 Å². The smallest absolute Gasteiger partial charge is 0.344 e. The van der Waals surface area contributed by atoms with E-state index in [9.17, 15) is 45.9 Å². The largest absolute Gasteiger partial charge is 0.405 e. The van der Waals surface area contributed by atoms with Crippen molar-refractivity contribution in [2.75, 3.05) is 6.54 Å². The van der Waals surface area contributed by atoms with Crippen LogP contribution in [0.5, 0.6) is 0 Å². The summed E-state index contributed by atoms with van der Waals surface area (Å²) in [5.41, 5.74) is 0.656. The topological polar surface area (TPSA) is 146 Å². The molecule has 10 nitrogen and oxygen atoms in total. The maximum absolute atomic E-state index is 14.8. The lowest BCUT2D eigenvalue weighted by atomic mass is 9.94. The number of nitrogens with zero attached hydrogens (tertiary/aromatic N) is 1. The molecule has 48 heavy (non-hydrogen) atoms. The molecule has 3 atom stereocenters. The summed E-state index contributed by atoms with van der Waals surface area (Å²) in [5, 5.41) is 8.49. The van der Waals surface area contributed by atoms with Gasteiger partial charge in [-0.1, -0.05) is 74.0 Å². The molecule has 0 fully saturated rings. The second kappa shape index (κ2) is 16.3. The molecule has 1 heterocycles. The van der Waals surface area contributed by atoms with Crippen molar-refractivity contribution in [1.29, 1.82) is 0 Å². The maximum atomic E-state index is 14.8. The van der Waals surface area contributed by atoms with Gasteiger partial charge in [0.2, 0.25) is 17.6 Å². The highest BCUT2D eigenvalue weighted by molar-refractivity contribution is 6.30. The van der Waals surface area contributed by atoms with Crippen molar-refractivity contribution in [2.45, 2.75) is 50.5 Å². The van der Waals surface area contributed by atoms with Crippen LogP contribution in [0.4, 0.5) is 22.0 Å². The average molecular weight is 696 g/mol. The second-order valence-electron chi connectivity index (χ2n) is 10.9. The summed E-state index contributed by atoms with van der Waals surface area (Å²) in [4.78, 5) is 69.1. The van der Waals surface area contributed by atoms with Crippen molar-refractivity contribution in [3.63, 3.8) is 0 Å². The van der Waals surface area contributed by atoms with E-state index >= 15 is 0 Å². The highest BCUT2D eigenvalue weighted by Crippen LogP contribution is 2.23. The molecule has 0 aliphatic heterocycles. The third-order valence-corrected chi connectivity index (χ3v) is 7.06. The molecule has 4 amide bonds. The number of hydrogen-bond donors (Lipinski definition) is 4. The van der Waals surface area contributed by atoms with Gasteiger partial charge in [-0.05, 0) is 41.3 Å². The zero-order chi connectivity index (χ0) is 35.6. The van der Waals surface area contributed by atoms with Gasteiger partial charge in [0.15, 0.2) is 0 Å². The number of benzene rings is 2. The van der Waals surface area contributed by atoms with Crippen molar-refractivity contribution in [3.8, 4) is 0 Å². The molecule has 0 spiro atoms. The normalized spacial score (nSPS) is 13.5. The van der Waals surface area contributed by atoms with Crippen LogP contribution in [-0.4, -0.2) is 65.1 Å². The number of amides is 4. The highest BCUT2D eigenvalue weighted by Gasteiger charge is 2.52. The number of halogens is 6. The van der Waals surface area contributed by atoms with Gasteiger partial charge in [0, 0.05) is 17.6 Å². The van der Waals surface area contributed by atoms with Crippen molar-refractivity contribution >= 4 is 41.0 Å². The van der Waals surface area contributed by atoms with Crippen LogP contribution in [0.25, 0.3) is 0 Å². The summed E-state index contributed by atoms with van der Waals surface area (Å²) >= 11 is 6.10. The van der Waals surface area contributed by atoms with Gasteiger partial charge in [-0.3, -0.25) is 29.0 Å². The molecule has 3 unspecified atom stereocenters. The van der Waals surface area contributed by atoms with E-state index in [1.807, 2.05) is 0 Å². The summed E-state index contributed by atoms with van der Waals surface area (Å²) < 4.78 is 67.1. The van der Waals surface area contributed by atoms with E-state index in [1.165, 1.54) is 50.4 Å². The van der Waals surface area contributed by atoms with Crippen LogP contribution in [-0.2, 0) is 25.6 Å². The minimum Gasteiger partial charge on any atom is -0.344 e. The van der Waals surface area contributed by atoms with Crippen LogP contribution in [0.2, 0.25) is 5.02 Å². The van der Waals surface area contributed by atoms with Crippen LogP contribution in [0.3, 0.4) is 0 Å². The Morgan fingerprint density at radius 2 is 1.48 bits per heavy atom. The number of hydrogen-bond acceptors (Lipinski definition) is 6. The van der Waals surface area contributed by atoms with Crippen LogP contribution in [0.1, 0.15) is 41.5 Å². The third-order valence-electron chi connectivity index (χ3n) is 6.82. The van der Waals surface area contributed by atoms with E-state index in [1.54, 1.807) is 42.5 Å². The minimum atomic E-state index is -5.02. The number of nitrogens with one attached hydrogen (secondary N) is 4. The molecule has 1 aromatic heterocycles. The first-order chi connectivity index (χ1) is 22.5. The van der Waals surface area contributed by atoms with E-state index in [0.717, 1.165) is 5.32 Å². The molecule has 0 radical (unpaired) electrons. The summed E-state index contributed by atoms with van der Waals surface area (Å²) in [6, 6.07) is 13.4. The molecule has 2 aromatic carbocycles. The molecule has 0 bridgehead atoms. The molecule has 0 saturated carbocycles. The lowest BCUT2D eigenvalue weighted by Gasteiger charge is -2.28. The first-order valence-corrected chi connectivity index (χ1v) is 14.8. The van der Waals surface area contributed by atoms with Gasteiger partial charge >= 0.3 is 12.1 Å². The number of alkyl halides is 5. The molecule has 0 aliphatic rings. The van der Waals surface area contributed by atoms with Crippen LogP contribution >= 0.6 is 11.6 Å². The van der Waals surface area contributed by atoms with E-state index in [0.29, 0.717) is 10.6 Å². The molecule has 3 aromatic rings. The van der Waals surface area contributed by atoms with Gasteiger partial charge in [-0.15, -0.1) is 0 Å². The number of carbonyl (C=O) groups is 5. The Kier molecular flexibility index (Phi) is 12.7. The van der Waals surface area contributed by atoms with E-state index < -0.39 is 72.1 Å². The summed E-state index contributed by atoms with van der Waals surface area (Å²) in [6.07, 6.45) is -3.77. The monoisotopic (exact) mass is 695 g/mol. The molecule has 16 heteroatoms. The van der Waals surface area contributed by atoms with Crippen molar-refractivity contribution < 1.29 is 45.9 Å². The molecule has 3 rings (SSSR count). The third kappa shape index (κ3) is 10.6. The number of pyridine rings is 1. The number of carbonyl (C=O) groups excluding carboxylic acids is 5. The van der Waals surface area contributed by atoms with Crippen molar-refractivity contribution in [2.24, 2.45) is 5.92 Å². The van der Waals surface area contributed by atoms with Gasteiger partial charge < -0.3 is 21.3 Å². The van der Waals surface area contributed by atoms with Crippen molar-refractivity contribution in [3.05, 3.63) is 101 Å². The van der Waals surface area contributed by atoms with Crippen LogP contribution < -0.4 is 21.3 Å². The summed E-state index contributed by atoms with van der Waals surface area (Å²) in [7, 11) is 0. The standard InChI is InChI=1S/C32H31ClF5N5O5/c1-18(2)24(26(44)32(37,38)30(48)40-17-31(34,35)36)42-29(47)25(20-10-4-3-5-11-20)43-28(46)23(16-19-9-8-12-21(33)15-19)41-27(45)22-13-6-7-14-39-22/h3-15,18,23-25H,16-17H2,1-2H3,(H,40,48)(H,41,45)(H,42,47)(H,43,46). The average Bonchev–Trinajstić information content (AvgIpc) is 3.04. The van der Waals surface area contributed by atoms with Gasteiger partial charge in [0.05, 0.1) is 6.04 Å². The second-order valence-corrected chi connectivity index (χ2v) is 11.3. The predicted molar refractivity (Wildman–Crippen MR) is 164 cm³/mol. The molecule has 4 N–H and O–H groups in total. The fraction of sp³-hybridized carbons (Fsp3) is 0.312. The fourth-order valence-electron chi connectivity index (χ4n) is 4.40. The van der Waals surface area contributed by atoms with Crippen LogP contribution in [0.15, 0.2) is 79.0 Å². The Labute approximate surface area is 276 Å². The van der Waals surface area contributed by atoms with E-state index in [4.69, 9.17) is 11.6 Å². The van der Waals surface area contributed by atoms with Gasteiger partial charge in [0.25, 0.3) is 11.8 Å². The Balaban J connectivity index is 1.90. The summed E-state index contributed by atoms with van der Waals surface area (Å²) in [6.45, 7) is 0.413. The Morgan fingerprint density at radius 1 is 0.812 bits per heavy atom. The van der Waals surface area contributed by atoms with E-state index in [2.05, 4.69) is 20.9 Å². The summed E-state index contributed by atoms with van der Waals surface area (Å²) in [5.74, 6) is -13.5. The number of ketones is 1. The molecule has 0 saturated heterocycles. The quantitative estimate of drug-likeness (QED) is 0.148. The first kappa shape index (κ1) is 37.5. The Hall–Kier alpha value is -4.92. The lowest BCUT2D eigenvalue weighted by molar-refractivity contribution is -0.165. The zero-order valence-corrected chi connectivity index (χ0v) is 26.2. The van der Waals surface area contributed by atoms with Gasteiger partial charge in [-0.2, -0.15) is 22.0 Å². The number of aromatic nitrogens is 1.